The predicted octanol–water partition coefficient (Wildman–Crippen LogP) is 0.831. The van der Waals surface area contributed by atoms with Gasteiger partial charge >= 0.3 is 5.69 Å². The maximum atomic E-state index is 11.6. The van der Waals surface area contributed by atoms with Crippen LogP contribution in [0.25, 0.3) is 0 Å². The average molecular weight is 198 g/mol. The van der Waals surface area contributed by atoms with Crippen LogP contribution in [0.3, 0.4) is 0 Å². The lowest BCUT2D eigenvalue weighted by Crippen LogP contribution is -2.28. The molecule has 0 aliphatic carbocycles. The minimum atomic E-state index is -0.426. The molecule has 1 aromatic heterocycles. The molecule has 1 unspecified atom stereocenters. The number of nitrogens with zero attached hydrogens (tertiary/aromatic N) is 2. The minimum Gasteiger partial charge on any atom is -0.391 e. The molecule has 4 heteroatoms. The van der Waals surface area contributed by atoms with Gasteiger partial charge in [-0.15, -0.1) is 0 Å². The molecule has 4 nitrogen and oxygen atoms in total. The first-order chi connectivity index (χ1) is 6.69. The fourth-order valence-corrected chi connectivity index (χ4v) is 1.36. The van der Waals surface area contributed by atoms with Gasteiger partial charge in [-0.2, -0.15) is 0 Å². The normalized spacial score (nSPS) is 13.1. The summed E-state index contributed by atoms with van der Waals surface area (Å²) in [5, 5.41) is 9.41. The van der Waals surface area contributed by atoms with Gasteiger partial charge in [0.1, 0.15) is 0 Å². The molecule has 80 valence electrons. The molecule has 0 fully saturated rings. The van der Waals surface area contributed by atoms with E-state index in [1.807, 2.05) is 13.8 Å². The molecule has 0 saturated heterocycles. The highest BCUT2D eigenvalue weighted by molar-refractivity contribution is 4.82. The molecule has 0 amide bonds. The second-order valence-electron chi connectivity index (χ2n) is 3.49. The van der Waals surface area contributed by atoms with Gasteiger partial charge in [-0.25, -0.2) is 4.79 Å². The van der Waals surface area contributed by atoms with Gasteiger partial charge < -0.3 is 5.11 Å². The van der Waals surface area contributed by atoms with Crippen LogP contribution < -0.4 is 5.69 Å². The Morgan fingerprint density at radius 1 is 1.36 bits per heavy atom. The molecule has 1 heterocycles. The lowest BCUT2D eigenvalue weighted by Gasteiger charge is -2.06. The highest BCUT2D eigenvalue weighted by atomic mass is 16.3. The molecule has 0 saturated carbocycles. The molecule has 1 atom stereocenters. The molecular weight excluding hydrogens is 180 g/mol. The van der Waals surface area contributed by atoms with Crippen molar-refractivity contribution in [2.45, 2.75) is 45.9 Å². The molecule has 14 heavy (non-hydrogen) atoms. The summed E-state index contributed by atoms with van der Waals surface area (Å²) < 4.78 is 3.23. The van der Waals surface area contributed by atoms with Crippen molar-refractivity contribution in [3.8, 4) is 0 Å². The summed E-state index contributed by atoms with van der Waals surface area (Å²) >= 11 is 0. The summed E-state index contributed by atoms with van der Waals surface area (Å²) in [6.07, 6.45) is 4.70. The van der Waals surface area contributed by atoms with E-state index in [0.29, 0.717) is 13.0 Å². The van der Waals surface area contributed by atoms with Crippen LogP contribution in [0.2, 0.25) is 0 Å². The van der Waals surface area contributed by atoms with E-state index in [4.69, 9.17) is 0 Å². The van der Waals surface area contributed by atoms with E-state index in [2.05, 4.69) is 0 Å². The smallest absolute Gasteiger partial charge is 0.328 e. The van der Waals surface area contributed by atoms with Gasteiger partial charge in [0, 0.05) is 18.9 Å². The fraction of sp³-hybridized carbons (Fsp3) is 0.700. The second kappa shape index (κ2) is 5.00. The molecule has 0 spiro atoms. The van der Waals surface area contributed by atoms with Crippen molar-refractivity contribution in [1.29, 1.82) is 0 Å². The highest BCUT2D eigenvalue weighted by Gasteiger charge is 2.06. The average Bonchev–Trinajstić information content (AvgIpc) is 2.50. The summed E-state index contributed by atoms with van der Waals surface area (Å²) in [4.78, 5) is 11.6. The van der Waals surface area contributed by atoms with Gasteiger partial charge in [-0.05, 0) is 12.8 Å². The van der Waals surface area contributed by atoms with Crippen LogP contribution in [0.1, 0.15) is 26.7 Å². The Morgan fingerprint density at radius 3 is 2.57 bits per heavy atom. The first kappa shape index (κ1) is 11.0. The van der Waals surface area contributed by atoms with Crippen molar-refractivity contribution >= 4 is 0 Å². The largest absolute Gasteiger partial charge is 0.391 e. The van der Waals surface area contributed by atoms with Crippen molar-refractivity contribution in [2.24, 2.45) is 0 Å². The summed E-state index contributed by atoms with van der Waals surface area (Å²) in [5.41, 5.74) is -0.0284. The van der Waals surface area contributed by atoms with Crippen LogP contribution in [0.5, 0.6) is 0 Å². The number of hydrogen-bond acceptors (Lipinski definition) is 2. The van der Waals surface area contributed by atoms with Crippen molar-refractivity contribution in [2.75, 3.05) is 0 Å². The summed E-state index contributed by atoms with van der Waals surface area (Å²) in [5.74, 6) is 0. The Morgan fingerprint density at radius 2 is 2.00 bits per heavy atom. The Bertz CT molecular complexity index is 327. The third kappa shape index (κ3) is 2.48. The van der Waals surface area contributed by atoms with Gasteiger partial charge in [0.15, 0.2) is 0 Å². The Balaban J connectivity index is 2.74. The van der Waals surface area contributed by atoms with Gasteiger partial charge in [0.25, 0.3) is 0 Å². The van der Waals surface area contributed by atoms with Crippen molar-refractivity contribution in [1.82, 2.24) is 9.13 Å². The number of aliphatic hydroxyl groups excluding tert-OH is 1. The van der Waals surface area contributed by atoms with E-state index in [0.717, 1.165) is 13.0 Å². The molecule has 0 radical (unpaired) electrons. The zero-order valence-electron chi connectivity index (χ0n) is 8.81. The van der Waals surface area contributed by atoms with Gasteiger partial charge in [-0.3, -0.25) is 9.13 Å². The Labute approximate surface area is 83.8 Å². The Hall–Kier alpha value is -1.03. The standard InChI is InChI=1S/C10H18N2O2/c1-3-5-11-6-7-12(10(11)14)8-9(13)4-2/h6-7,9,13H,3-5,8H2,1-2H3. The maximum Gasteiger partial charge on any atom is 0.328 e. The molecule has 0 aliphatic heterocycles. The first-order valence-corrected chi connectivity index (χ1v) is 5.12. The van der Waals surface area contributed by atoms with E-state index in [1.54, 1.807) is 21.5 Å². The van der Waals surface area contributed by atoms with Crippen LogP contribution in [-0.2, 0) is 13.1 Å². The highest BCUT2D eigenvalue weighted by Crippen LogP contribution is 1.95. The van der Waals surface area contributed by atoms with E-state index in [9.17, 15) is 9.90 Å². The molecule has 0 aliphatic rings. The SMILES string of the molecule is CCCn1ccn(CC(O)CC)c1=O. The molecule has 0 aromatic carbocycles. The van der Waals surface area contributed by atoms with Crippen LogP contribution >= 0.6 is 0 Å². The maximum absolute atomic E-state index is 11.6. The quantitative estimate of drug-likeness (QED) is 0.761. The molecule has 0 bridgehead atoms. The van der Waals surface area contributed by atoms with Crippen LogP contribution in [-0.4, -0.2) is 20.3 Å². The number of rotatable bonds is 5. The molecule has 1 rings (SSSR count). The molecule has 1 aromatic rings. The van der Waals surface area contributed by atoms with Gasteiger partial charge in [-0.1, -0.05) is 13.8 Å². The zero-order valence-corrected chi connectivity index (χ0v) is 8.81. The summed E-state index contributed by atoms with van der Waals surface area (Å²) in [7, 11) is 0. The monoisotopic (exact) mass is 198 g/mol. The second-order valence-corrected chi connectivity index (χ2v) is 3.49. The Kier molecular flexibility index (Phi) is 3.95. The third-order valence-corrected chi connectivity index (χ3v) is 2.26. The lowest BCUT2D eigenvalue weighted by molar-refractivity contribution is 0.148. The lowest BCUT2D eigenvalue weighted by atomic mass is 10.3. The summed E-state index contributed by atoms with van der Waals surface area (Å²) in [6.45, 7) is 5.07. The first-order valence-electron chi connectivity index (χ1n) is 5.12. The minimum absolute atomic E-state index is 0.0284. The van der Waals surface area contributed by atoms with E-state index in [1.165, 1.54) is 0 Å². The summed E-state index contributed by atoms with van der Waals surface area (Å²) in [6, 6.07) is 0. The zero-order chi connectivity index (χ0) is 10.6. The van der Waals surface area contributed by atoms with Crippen LogP contribution in [0.15, 0.2) is 17.2 Å². The number of imidazole rings is 1. The van der Waals surface area contributed by atoms with E-state index < -0.39 is 6.10 Å². The van der Waals surface area contributed by atoms with E-state index >= 15 is 0 Å². The molecule has 1 N–H and O–H groups in total. The van der Waals surface area contributed by atoms with Crippen LogP contribution in [0, 0.1) is 0 Å². The predicted molar refractivity (Wildman–Crippen MR) is 55.3 cm³/mol. The number of aliphatic hydroxyl groups is 1. The van der Waals surface area contributed by atoms with Gasteiger partial charge in [0.05, 0.1) is 12.6 Å². The number of aromatic nitrogens is 2. The third-order valence-electron chi connectivity index (χ3n) is 2.26. The number of aryl methyl sites for hydroxylation is 1. The topological polar surface area (TPSA) is 47.2 Å². The van der Waals surface area contributed by atoms with Gasteiger partial charge in [0.2, 0.25) is 0 Å². The van der Waals surface area contributed by atoms with Crippen molar-refractivity contribution in [3.05, 3.63) is 22.9 Å². The van der Waals surface area contributed by atoms with Crippen molar-refractivity contribution < 1.29 is 5.11 Å². The fourth-order valence-electron chi connectivity index (χ4n) is 1.36. The number of hydrogen-bond donors (Lipinski definition) is 1. The van der Waals surface area contributed by atoms with Crippen LogP contribution in [0.4, 0.5) is 0 Å². The van der Waals surface area contributed by atoms with E-state index in [-0.39, 0.29) is 5.69 Å². The van der Waals surface area contributed by atoms with Crippen molar-refractivity contribution in [3.63, 3.8) is 0 Å². The molecular formula is C10H18N2O2.